The number of imide groups is 1. The van der Waals surface area contributed by atoms with Crippen LogP contribution in [0.4, 0.5) is 0 Å². The predicted molar refractivity (Wildman–Crippen MR) is 107 cm³/mol. The van der Waals surface area contributed by atoms with Crippen LogP contribution in [0.2, 0.25) is 0 Å². The summed E-state index contributed by atoms with van der Waals surface area (Å²) in [6.45, 7) is 4.26. The molecule has 3 amide bonds. The quantitative estimate of drug-likeness (QED) is 0.750. The third-order valence-corrected chi connectivity index (χ3v) is 7.28. The van der Waals surface area contributed by atoms with Crippen molar-refractivity contribution in [2.75, 3.05) is 19.6 Å². The van der Waals surface area contributed by atoms with Crippen molar-refractivity contribution in [1.29, 1.82) is 0 Å². The van der Waals surface area contributed by atoms with Gasteiger partial charge in [0.1, 0.15) is 6.04 Å². The molecule has 1 saturated carbocycles. The summed E-state index contributed by atoms with van der Waals surface area (Å²) in [5.74, 6) is -0.673. The maximum absolute atomic E-state index is 13.3. The highest BCUT2D eigenvalue weighted by atomic mass is 16.2. The zero-order chi connectivity index (χ0) is 20.0. The summed E-state index contributed by atoms with van der Waals surface area (Å²) in [7, 11) is 0. The van der Waals surface area contributed by atoms with Crippen LogP contribution < -0.4 is 10.6 Å². The van der Waals surface area contributed by atoms with Gasteiger partial charge in [-0.15, -0.1) is 0 Å². The van der Waals surface area contributed by atoms with Crippen molar-refractivity contribution in [2.24, 2.45) is 0 Å². The Kier molecular flexibility index (Phi) is 4.67. The lowest BCUT2D eigenvalue weighted by Crippen LogP contribution is -2.53. The number of amides is 3. The molecule has 1 aromatic carbocycles. The van der Waals surface area contributed by atoms with Crippen LogP contribution in [-0.2, 0) is 22.7 Å². The molecule has 2 N–H and O–H groups in total. The van der Waals surface area contributed by atoms with Crippen molar-refractivity contribution >= 4 is 17.7 Å². The zero-order valence-electron chi connectivity index (χ0n) is 16.7. The van der Waals surface area contributed by atoms with Gasteiger partial charge < -0.3 is 10.2 Å². The first-order valence-electron chi connectivity index (χ1n) is 10.8. The second-order valence-corrected chi connectivity index (χ2v) is 8.85. The van der Waals surface area contributed by atoms with E-state index in [9.17, 15) is 14.4 Å². The molecule has 0 aromatic heterocycles. The fourth-order valence-electron chi connectivity index (χ4n) is 5.48. The van der Waals surface area contributed by atoms with Crippen LogP contribution >= 0.6 is 0 Å². The van der Waals surface area contributed by atoms with Gasteiger partial charge in [0.2, 0.25) is 11.8 Å². The minimum absolute atomic E-state index is 0.0688. The van der Waals surface area contributed by atoms with Crippen molar-refractivity contribution in [3.05, 3.63) is 34.9 Å². The lowest BCUT2D eigenvalue weighted by Gasteiger charge is -2.50. The van der Waals surface area contributed by atoms with Gasteiger partial charge in [-0.2, -0.15) is 0 Å². The van der Waals surface area contributed by atoms with E-state index in [0.717, 1.165) is 42.9 Å². The van der Waals surface area contributed by atoms with Crippen molar-refractivity contribution in [3.8, 4) is 0 Å². The van der Waals surface area contributed by atoms with Gasteiger partial charge in [0.25, 0.3) is 5.91 Å². The van der Waals surface area contributed by atoms with Crippen molar-refractivity contribution in [1.82, 2.24) is 20.4 Å². The summed E-state index contributed by atoms with van der Waals surface area (Å²) in [4.78, 5) is 41.4. The van der Waals surface area contributed by atoms with Gasteiger partial charge in [-0.3, -0.25) is 24.6 Å². The summed E-state index contributed by atoms with van der Waals surface area (Å²) >= 11 is 0. The fraction of sp³-hybridized carbons (Fsp3) is 0.591. The first kappa shape index (κ1) is 18.8. The minimum atomic E-state index is -0.555. The molecule has 29 heavy (non-hydrogen) atoms. The molecular formula is C22H28N4O3. The topological polar surface area (TPSA) is 81.8 Å². The van der Waals surface area contributed by atoms with E-state index < -0.39 is 6.04 Å². The second-order valence-electron chi connectivity index (χ2n) is 8.85. The van der Waals surface area contributed by atoms with Crippen LogP contribution in [0.25, 0.3) is 0 Å². The number of piperidine rings is 1. The highest BCUT2D eigenvalue weighted by molar-refractivity contribution is 6.06. The Morgan fingerprint density at radius 3 is 2.72 bits per heavy atom. The maximum atomic E-state index is 13.3. The second kappa shape index (κ2) is 7.22. The van der Waals surface area contributed by atoms with E-state index >= 15 is 0 Å². The molecule has 3 heterocycles. The summed E-state index contributed by atoms with van der Waals surface area (Å²) in [5, 5.41) is 5.90. The number of carbonyl (C=O) groups excluding carboxylic acids is 3. The fourth-order valence-corrected chi connectivity index (χ4v) is 5.48. The average molecular weight is 396 g/mol. The summed E-state index contributed by atoms with van der Waals surface area (Å²) in [6, 6.07) is 5.53. The Hall–Kier alpha value is -2.25. The van der Waals surface area contributed by atoms with Crippen LogP contribution in [0.3, 0.4) is 0 Å². The van der Waals surface area contributed by atoms with Gasteiger partial charge >= 0.3 is 0 Å². The molecule has 1 atom stereocenters. The highest BCUT2D eigenvalue weighted by Gasteiger charge is 2.44. The van der Waals surface area contributed by atoms with Crippen LogP contribution in [0.15, 0.2) is 18.2 Å². The van der Waals surface area contributed by atoms with Gasteiger partial charge in [0.15, 0.2) is 0 Å². The number of benzene rings is 1. The third-order valence-electron chi connectivity index (χ3n) is 7.28. The molecule has 7 heteroatoms. The molecule has 3 fully saturated rings. The zero-order valence-corrected chi connectivity index (χ0v) is 16.7. The summed E-state index contributed by atoms with van der Waals surface area (Å²) in [5.41, 5.74) is 3.10. The van der Waals surface area contributed by atoms with E-state index in [4.69, 9.17) is 0 Å². The number of nitrogens with one attached hydrogen (secondary N) is 2. The molecular weight excluding hydrogens is 368 g/mol. The van der Waals surface area contributed by atoms with Crippen LogP contribution in [0, 0.1) is 0 Å². The average Bonchev–Trinajstić information content (AvgIpc) is 2.85. The Morgan fingerprint density at radius 1 is 1.10 bits per heavy atom. The number of hydrogen-bond donors (Lipinski definition) is 2. The number of hydrogen-bond acceptors (Lipinski definition) is 5. The van der Waals surface area contributed by atoms with Gasteiger partial charge in [0.05, 0.1) is 0 Å². The molecule has 1 aromatic rings. The standard InChI is InChI=1S/C22H28N4O3/c27-18-6-5-17(20(28)24-18)26-14-16-4-1-3-15(19(16)21(26)29)13-25-12-11-23-10-9-22(25)7-2-8-22/h1,3-4,17,23H,2,5-14H2,(H,24,27,28). The SMILES string of the molecule is O=C1CCC(N2Cc3cccc(CN4CCNCCC45CCC5)c3C2=O)C(=O)N1. The van der Waals surface area contributed by atoms with Gasteiger partial charge in [-0.25, -0.2) is 0 Å². The van der Waals surface area contributed by atoms with Crippen LogP contribution in [-0.4, -0.2) is 58.7 Å². The molecule has 4 aliphatic rings. The third kappa shape index (κ3) is 3.16. The monoisotopic (exact) mass is 396 g/mol. The van der Waals surface area contributed by atoms with E-state index in [1.54, 1.807) is 4.90 Å². The molecule has 154 valence electrons. The van der Waals surface area contributed by atoms with E-state index in [1.165, 1.54) is 25.7 Å². The van der Waals surface area contributed by atoms with Crippen molar-refractivity contribution in [3.63, 3.8) is 0 Å². The van der Waals surface area contributed by atoms with E-state index in [2.05, 4.69) is 21.6 Å². The van der Waals surface area contributed by atoms with Crippen molar-refractivity contribution < 1.29 is 14.4 Å². The molecule has 1 spiro atoms. The first-order chi connectivity index (χ1) is 14.1. The molecule has 1 unspecified atom stereocenters. The predicted octanol–water partition coefficient (Wildman–Crippen LogP) is 1.17. The summed E-state index contributed by atoms with van der Waals surface area (Å²) < 4.78 is 0. The number of nitrogens with zero attached hydrogens (tertiary/aromatic N) is 2. The largest absolute Gasteiger partial charge is 0.322 e. The van der Waals surface area contributed by atoms with Crippen molar-refractivity contribution in [2.45, 2.75) is 63.2 Å². The summed E-state index contributed by atoms with van der Waals surface area (Å²) in [6.07, 6.45) is 5.61. The van der Waals surface area contributed by atoms with Gasteiger partial charge in [-0.05, 0) is 49.8 Å². The Bertz CT molecular complexity index is 864. The lowest BCUT2D eigenvalue weighted by molar-refractivity contribution is -0.136. The van der Waals surface area contributed by atoms with Gasteiger partial charge in [0, 0.05) is 43.7 Å². The van der Waals surface area contributed by atoms with E-state index in [-0.39, 0.29) is 29.7 Å². The minimum Gasteiger partial charge on any atom is -0.322 e. The molecule has 0 bridgehead atoms. The smallest absolute Gasteiger partial charge is 0.255 e. The van der Waals surface area contributed by atoms with Crippen LogP contribution in [0.5, 0.6) is 0 Å². The van der Waals surface area contributed by atoms with Crippen LogP contribution in [0.1, 0.15) is 60.0 Å². The Labute approximate surface area is 170 Å². The lowest BCUT2D eigenvalue weighted by atomic mass is 9.73. The number of fused-ring (bicyclic) bond motifs is 1. The molecule has 3 aliphatic heterocycles. The molecule has 5 rings (SSSR count). The molecule has 7 nitrogen and oxygen atoms in total. The van der Waals surface area contributed by atoms with E-state index in [1.807, 2.05) is 12.1 Å². The molecule has 0 radical (unpaired) electrons. The first-order valence-corrected chi connectivity index (χ1v) is 10.8. The number of carbonyl (C=O) groups is 3. The highest BCUT2D eigenvalue weighted by Crippen LogP contribution is 2.42. The van der Waals surface area contributed by atoms with E-state index in [0.29, 0.717) is 13.0 Å². The maximum Gasteiger partial charge on any atom is 0.255 e. The molecule has 1 aliphatic carbocycles. The number of rotatable bonds is 3. The molecule has 2 saturated heterocycles. The van der Waals surface area contributed by atoms with Gasteiger partial charge in [-0.1, -0.05) is 18.2 Å². The normalized spacial score (nSPS) is 26.8. The Morgan fingerprint density at radius 2 is 1.97 bits per heavy atom. The Balaban J connectivity index is 1.40.